The van der Waals surface area contributed by atoms with Gasteiger partial charge in [-0.05, 0) is 12.5 Å². The van der Waals surface area contributed by atoms with Gasteiger partial charge in [-0.2, -0.15) is 4.39 Å². The second kappa shape index (κ2) is 15.2. The van der Waals surface area contributed by atoms with Crippen molar-refractivity contribution in [3.8, 4) is 5.75 Å². The fraction of sp³-hybridized carbons (Fsp3) is 0.696. The summed E-state index contributed by atoms with van der Waals surface area (Å²) in [6, 6.07) is 0.499. The smallest absolute Gasteiger partial charge is 0.341 e. The van der Waals surface area contributed by atoms with Crippen molar-refractivity contribution in [1.82, 2.24) is 0 Å². The third kappa shape index (κ3) is 9.55. The van der Waals surface area contributed by atoms with E-state index >= 15 is 0 Å². The molecule has 0 unspecified atom stereocenters. The molecule has 0 radical (unpaired) electrons. The normalized spacial score (nSPS) is 10.9. The standard InChI is InChI=1S/C23H35F3O3/c1-3-4-5-6-7-8-9-10-11-12-13-14-15-16-29-23(27)18-17-19(24)21(26)22(28-2)20(18)25/h17H,3-16H2,1-2H3. The Morgan fingerprint density at radius 1 is 0.793 bits per heavy atom. The van der Waals surface area contributed by atoms with E-state index in [1.54, 1.807) is 0 Å². The summed E-state index contributed by atoms with van der Waals surface area (Å²) in [5, 5.41) is 0. The lowest BCUT2D eigenvalue weighted by Gasteiger charge is -2.09. The maximum absolute atomic E-state index is 14.0. The highest BCUT2D eigenvalue weighted by atomic mass is 19.2. The van der Waals surface area contributed by atoms with Crippen LogP contribution in [0.1, 0.15) is 101 Å². The van der Waals surface area contributed by atoms with Gasteiger partial charge in [0.1, 0.15) is 5.56 Å². The number of carbonyl (C=O) groups excluding carboxylic acids is 1. The minimum absolute atomic E-state index is 0.122. The number of rotatable bonds is 16. The molecule has 0 atom stereocenters. The van der Waals surface area contributed by atoms with E-state index in [1.165, 1.54) is 57.8 Å². The molecular weight excluding hydrogens is 381 g/mol. The average molecular weight is 417 g/mol. The molecule has 1 aromatic rings. The topological polar surface area (TPSA) is 35.5 Å². The van der Waals surface area contributed by atoms with E-state index in [0.717, 1.165) is 26.4 Å². The van der Waals surface area contributed by atoms with Crippen molar-refractivity contribution in [2.75, 3.05) is 13.7 Å². The summed E-state index contributed by atoms with van der Waals surface area (Å²) in [5.41, 5.74) is -0.657. The molecule has 1 aromatic carbocycles. The van der Waals surface area contributed by atoms with Crippen LogP contribution in [-0.2, 0) is 4.74 Å². The van der Waals surface area contributed by atoms with Crippen LogP contribution in [0.3, 0.4) is 0 Å². The molecule has 0 bridgehead atoms. The molecule has 0 aromatic heterocycles. The Hall–Kier alpha value is -1.72. The van der Waals surface area contributed by atoms with Gasteiger partial charge in [0, 0.05) is 0 Å². The largest absolute Gasteiger partial charge is 0.491 e. The molecule has 0 aliphatic heterocycles. The Balaban J connectivity index is 2.10. The van der Waals surface area contributed by atoms with Gasteiger partial charge < -0.3 is 9.47 Å². The van der Waals surface area contributed by atoms with E-state index in [4.69, 9.17) is 4.74 Å². The first-order valence-electron chi connectivity index (χ1n) is 10.9. The highest BCUT2D eigenvalue weighted by Crippen LogP contribution is 2.27. The molecule has 1 rings (SSSR count). The second-order valence-electron chi connectivity index (χ2n) is 7.45. The number of hydrogen-bond acceptors (Lipinski definition) is 3. The van der Waals surface area contributed by atoms with E-state index in [2.05, 4.69) is 11.7 Å². The first-order valence-corrected chi connectivity index (χ1v) is 10.9. The quantitative estimate of drug-likeness (QED) is 0.160. The summed E-state index contributed by atoms with van der Waals surface area (Å²) in [4.78, 5) is 11.9. The fourth-order valence-corrected chi connectivity index (χ4v) is 3.27. The van der Waals surface area contributed by atoms with Crippen LogP contribution >= 0.6 is 0 Å². The number of halogens is 3. The van der Waals surface area contributed by atoms with Gasteiger partial charge in [0.15, 0.2) is 17.4 Å². The van der Waals surface area contributed by atoms with Crippen LogP contribution < -0.4 is 4.74 Å². The molecular formula is C23H35F3O3. The van der Waals surface area contributed by atoms with Crippen molar-refractivity contribution in [2.45, 2.75) is 90.4 Å². The molecule has 0 aliphatic rings. The number of carbonyl (C=O) groups is 1. The number of esters is 1. The molecule has 3 nitrogen and oxygen atoms in total. The number of methoxy groups -OCH3 is 1. The minimum Gasteiger partial charge on any atom is -0.491 e. The van der Waals surface area contributed by atoms with Gasteiger partial charge in [0.05, 0.1) is 13.7 Å². The molecule has 0 N–H and O–H groups in total. The highest BCUT2D eigenvalue weighted by molar-refractivity contribution is 5.90. The molecule has 0 aliphatic carbocycles. The van der Waals surface area contributed by atoms with Crippen LogP contribution in [0.5, 0.6) is 5.75 Å². The Kier molecular flexibility index (Phi) is 13.2. The first kappa shape index (κ1) is 25.3. The third-order valence-corrected chi connectivity index (χ3v) is 5.02. The minimum atomic E-state index is -1.46. The van der Waals surface area contributed by atoms with Gasteiger partial charge in [-0.3, -0.25) is 0 Å². The molecule has 0 spiro atoms. The Labute approximate surface area is 173 Å². The van der Waals surface area contributed by atoms with Gasteiger partial charge in [0.2, 0.25) is 5.82 Å². The van der Waals surface area contributed by atoms with Gasteiger partial charge in [-0.25, -0.2) is 13.6 Å². The number of ether oxygens (including phenoxy) is 2. The molecule has 29 heavy (non-hydrogen) atoms. The SMILES string of the molecule is CCCCCCCCCCCCCCCOC(=O)c1cc(F)c(F)c(OC)c1F. The van der Waals surface area contributed by atoms with Crippen LogP contribution in [0, 0.1) is 17.5 Å². The molecule has 6 heteroatoms. The lowest BCUT2D eigenvalue weighted by molar-refractivity contribution is 0.0490. The summed E-state index contributed by atoms with van der Waals surface area (Å²) in [6.45, 7) is 2.35. The highest BCUT2D eigenvalue weighted by Gasteiger charge is 2.24. The predicted octanol–water partition coefficient (Wildman–Crippen LogP) is 7.36. The lowest BCUT2D eigenvalue weighted by atomic mass is 10.0. The van der Waals surface area contributed by atoms with Crippen molar-refractivity contribution in [3.63, 3.8) is 0 Å². The fourth-order valence-electron chi connectivity index (χ4n) is 3.27. The summed E-state index contributed by atoms with van der Waals surface area (Å²) in [6.07, 6.45) is 15.6. The predicted molar refractivity (Wildman–Crippen MR) is 109 cm³/mol. The number of unbranched alkanes of at least 4 members (excludes halogenated alkanes) is 12. The maximum Gasteiger partial charge on any atom is 0.341 e. The van der Waals surface area contributed by atoms with Crippen molar-refractivity contribution >= 4 is 5.97 Å². The van der Waals surface area contributed by atoms with E-state index in [0.29, 0.717) is 12.5 Å². The van der Waals surface area contributed by atoms with Gasteiger partial charge in [-0.1, -0.05) is 84.0 Å². The lowest BCUT2D eigenvalue weighted by Crippen LogP contribution is -2.11. The van der Waals surface area contributed by atoms with Crippen LogP contribution in [0.15, 0.2) is 6.07 Å². The van der Waals surface area contributed by atoms with Gasteiger partial charge in [-0.15, -0.1) is 0 Å². The number of hydrogen-bond donors (Lipinski definition) is 0. The summed E-state index contributed by atoms with van der Waals surface area (Å²) >= 11 is 0. The zero-order valence-electron chi connectivity index (χ0n) is 17.8. The van der Waals surface area contributed by atoms with Crippen LogP contribution in [0.2, 0.25) is 0 Å². The van der Waals surface area contributed by atoms with E-state index < -0.39 is 34.7 Å². The zero-order valence-corrected chi connectivity index (χ0v) is 17.8. The third-order valence-electron chi connectivity index (χ3n) is 5.02. The van der Waals surface area contributed by atoms with Crippen molar-refractivity contribution in [3.05, 3.63) is 29.1 Å². The first-order chi connectivity index (χ1) is 14.0. The van der Waals surface area contributed by atoms with E-state index in [1.807, 2.05) is 0 Å². The van der Waals surface area contributed by atoms with Crippen LogP contribution in [0.25, 0.3) is 0 Å². The molecule has 0 saturated heterocycles. The summed E-state index contributed by atoms with van der Waals surface area (Å²) in [5.74, 6) is -5.99. The maximum atomic E-state index is 14.0. The van der Waals surface area contributed by atoms with Crippen LogP contribution in [0.4, 0.5) is 13.2 Å². The monoisotopic (exact) mass is 416 g/mol. The number of benzene rings is 1. The molecule has 0 heterocycles. The van der Waals surface area contributed by atoms with Gasteiger partial charge >= 0.3 is 5.97 Å². The molecule has 0 amide bonds. The second-order valence-corrected chi connectivity index (χ2v) is 7.45. The average Bonchev–Trinajstić information content (AvgIpc) is 2.71. The van der Waals surface area contributed by atoms with Crippen molar-refractivity contribution in [1.29, 1.82) is 0 Å². The Morgan fingerprint density at radius 2 is 1.28 bits per heavy atom. The molecule has 0 fully saturated rings. The van der Waals surface area contributed by atoms with E-state index in [-0.39, 0.29) is 6.61 Å². The Morgan fingerprint density at radius 3 is 1.76 bits per heavy atom. The Bertz CT molecular complexity index is 606. The van der Waals surface area contributed by atoms with Crippen molar-refractivity contribution < 1.29 is 27.4 Å². The molecule has 166 valence electrons. The van der Waals surface area contributed by atoms with E-state index in [9.17, 15) is 18.0 Å². The van der Waals surface area contributed by atoms with Gasteiger partial charge in [0.25, 0.3) is 0 Å². The summed E-state index contributed by atoms with van der Waals surface area (Å²) in [7, 11) is 1.00. The van der Waals surface area contributed by atoms with Crippen LogP contribution in [-0.4, -0.2) is 19.7 Å². The molecule has 0 saturated carbocycles. The van der Waals surface area contributed by atoms with Crippen molar-refractivity contribution in [2.24, 2.45) is 0 Å². The summed E-state index contributed by atoms with van der Waals surface area (Å²) < 4.78 is 50.3. The zero-order chi connectivity index (χ0) is 21.5.